The first-order chi connectivity index (χ1) is 7.22. The van der Waals surface area contributed by atoms with Gasteiger partial charge in [0, 0.05) is 4.90 Å². The molecular formula is C13H20OS. The minimum Gasteiger partial charge on any atom is -0.392 e. The average Bonchev–Trinajstić information content (AvgIpc) is 2.24. The number of aliphatic hydroxyl groups is 1. The van der Waals surface area contributed by atoms with Gasteiger partial charge in [-0.05, 0) is 35.8 Å². The highest BCUT2D eigenvalue weighted by atomic mass is 32.2. The van der Waals surface area contributed by atoms with Crippen LogP contribution in [0.3, 0.4) is 0 Å². The molecule has 84 valence electrons. The summed E-state index contributed by atoms with van der Waals surface area (Å²) in [7, 11) is 0. The molecule has 0 unspecified atom stereocenters. The first-order valence-electron chi connectivity index (χ1n) is 5.55. The van der Waals surface area contributed by atoms with Crippen LogP contribution in [0.4, 0.5) is 0 Å². The van der Waals surface area contributed by atoms with Crippen LogP contribution in [0.1, 0.15) is 32.3 Å². The van der Waals surface area contributed by atoms with Gasteiger partial charge in [-0.2, -0.15) is 0 Å². The lowest BCUT2D eigenvalue weighted by molar-refractivity contribution is 0.281. The second-order valence-corrected chi connectivity index (χ2v) is 5.36. The topological polar surface area (TPSA) is 20.2 Å². The Kier molecular flexibility index (Phi) is 5.81. The third-order valence-corrected chi connectivity index (χ3v) is 3.36. The Balaban J connectivity index is 2.30. The van der Waals surface area contributed by atoms with Crippen molar-refractivity contribution >= 4 is 11.8 Å². The van der Waals surface area contributed by atoms with E-state index in [-0.39, 0.29) is 6.61 Å². The molecule has 1 rings (SSSR count). The molecule has 0 aliphatic rings. The van der Waals surface area contributed by atoms with E-state index in [1.807, 2.05) is 23.9 Å². The summed E-state index contributed by atoms with van der Waals surface area (Å²) in [4.78, 5) is 1.27. The molecule has 15 heavy (non-hydrogen) atoms. The summed E-state index contributed by atoms with van der Waals surface area (Å²) in [5.74, 6) is 1.97. The van der Waals surface area contributed by atoms with E-state index in [4.69, 9.17) is 5.11 Å². The van der Waals surface area contributed by atoms with Crippen molar-refractivity contribution in [3.63, 3.8) is 0 Å². The van der Waals surface area contributed by atoms with Crippen LogP contribution in [0, 0.1) is 5.92 Å². The minimum absolute atomic E-state index is 0.139. The first kappa shape index (κ1) is 12.6. The zero-order valence-corrected chi connectivity index (χ0v) is 10.4. The molecule has 0 fully saturated rings. The van der Waals surface area contributed by atoms with Gasteiger partial charge in [0.1, 0.15) is 0 Å². The Labute approximate surface area is 96.9 Å². The molecule has 1 nitrogen and oxygen atoms in total. The Morgan fingerprint density at radius 2 is 2.13 bits per heavy atom. The van der Waals surface area contributed by atoms with Crippen molar-refractivity contribution in [1.82, 2.24) is 0 Å². The Morgan fingerprint density at radius 3 is 2.80 bits per heavy atom. The molecule has 0 atom stereocenters. The molecule has 0 spiro atoms. The van der Waals surface area contributed by atoms with E-state index in [9.17, 15) is 0 Å². The fourth-order valence-corrected chi connectivity index (χ4v) is 2.37. The second-order valence-electron chi connectivity index (χ2n) is 4.19. The van der Waals surface area contributed by atoms with E-state index >= 15 is 0 Å². The lowest BCUT2D eigenvalue weighted by Gasteiger charge is -2.05. The molecule has 1 aromatic carbocycles. The maximum absolute atomic E-state index is 9.00. The summed E-state index contributed by atoms with van der Waals surface area (Å²) in [5, 5.41) is 9.00. The van der Waals surface area contributed by atoms with Gasteiger partial charge >= 0.3 is 0 Å². The Morgan fingerprint density at radius 1 is 1.33 bits per heavy atom. The number of thioether (sulfide) groups is 1. The van der Waals surface area contributed by atoms with Gasteiger partial charge in [-0.15, -0.1) is 11.8 Å². The molecule has 0 aromatic heterocycles. The number of hydrogen-bond acceptors (Lipinski definition) is 2. The van der Waals surface area contributed by atoms with Gasteiger partial charge in [-0.3, -0.25) is 0 Å². The molecule has 1 N–H and O–H groups in total. The smallest absolute Gasteiger partial charge is 0.0682 e. The molecule has 1 aromatic rings. The maximum Gasteiger partial charge on any atom is 0.0682 e. The second kappa shape index (κ2) is 6.91. The number of hydrogen-bond donors (Lipinski definition) is 1. The molecular weight excluding hydrogens is 204 g/mol. The summed E-state index contributed by atoms with van der Waals surface area (Å²) in [6.45, 7) is 4.66. The van der Waals surface area contributed by atoms with E-state index in [1.54, 1.807) is 0 Å². The molecule has 0 heterocycles. The van der Waals surface area contributed by atoms with Crippen LogP contribution in [0.25, 0.3) is 0 Å². The molecule has 0 saturated carbocycles. The summed E-state index contributed by atoms with van der Waals surface area (Å²) < 4.78 is 0. The fraction of sp³-hybridized carbons (Fsp3) is 0.538. The zero-order valence-electron chi connectivity index (χ0n) is 9.57. The van der Waals surface area contributed by atoms with Gasteiger partial charge in [0.25, 0.3) is 0 Å². The average molecular weight is 224 g/mol. The van der Waals surface area contributed by atoms with Crippen molar-refractivity contribution in [1.29, 1.82) is 0 Å². The highest BCUT2D eigenvalue weighted by Crippen LogP contribution is 2.21. The fourth-order valence-electron chi connectivity index (χ4n) is 1.42. The highest BCUT2D eigenvalue weighted by molar-refractivity contribution is 7.99. The Hall–Kier alpha value is -0.470. The predicted molar refractivity (Wildman–Crippen MR) is 67.2 cm³/mol. The number of benzene rings is 1. The number of rotatable bonds is 6. The van der Waals surface area contributed by atoms with E-state index in [2.05, 4.69) is 26.0 Å². The number of aliphatic hydroxyl groups excluding tert-OH is 1. The molecule has 0 bridgehead atoms. The standard InChI is InChI=1S/C13H20OS/c1-11(2)5-4-8-15-13-7-3-6-12(9-13)10-14/h3,6-7,9,11,14H,4-5,8,10H2,1-2H3. The highest BCUT2D eigenvalue weighted by Gasteiger charge is 1.97. The van der Waals surface area contributed by atoms with Gasteiger partial charge in [0.15, 0.2) is 0 Å². The van der Waals surface area contributed by atoms with Crippen LogP contribution in [0.2, 0.25) is 0 Å². The van der Waals surface area contributed by atoms with Gasteiger partial charge in [0.2, 0.25) is 0 Å². The molecule has 0 aliphatic carbocycles. The van der Waals surface area contributed by atoms with Gasteiger partial charge in [0.05, 0.1) is 6.61 Å². The monoisotopic (exact) mass is 224 g/mol. The van der Waals surface area contributed by atoms with Crippen molar-refractivity contribution in [3.8, 4) is 0 Å². The summed E-state index contributed by atoms with van der Waals surface area (Å²) in [5.41, 5.74) is 1.00. The van der Waals surface area contributed by atoms with Gasteiger partial charge < -0.3 is 5.11 Å². The lowest BCUT2D eigenvalue weighted by atomic mass is 10.1. The van der Waals surface area contributed by atoms with Crippen molar-refractivity contribution in [2.75, 3.05) is 5.75 Å². The normalized spacial score (nSPS) is 10.9. The van der Waals surface area contributed by atoms with Crippen LogP contribution in [0.15, 0.2) is 29.2 Å². The Bertz CT molecular complexity index is 284. The van der Waals surface area contributed by atoms with Crippen LogP contribution in [-0.4, -0.2) is 10.9 Å². The molecule has 0 radical (unpaired) electrons. The van der Waals surface area contributed by atoms with Gasteiger partial charge in [-0.25, -0.2) is 0 Å². The third kappa shape index (κ3) is 5.24. The lowest BCUT2D eigenvalue weighted by Crippen LogP contribution is -1.89. The van der Waals surface area contributed by atoms with Crippen LogP contribution < -0.4 is 0 Å². The largest absolute Gasteiger partial charge is 0.392 e. The van der Waals surface area contributed by atoms with Gasteiger partial charge in [-0.1, -0.05) is 32.4 Å². The zero-order chi connectivity index (χ0) is 11.1. The summed E-state index contributed by atoms with van der Waals surface area (Å²) in [6, 6.07) is 8.15. The maximum atomic E-state index is 9.00. The van der Waals surface area contributed by atoms with Crippen LogP contribution in [-0.2, 0) is 6.61 Å². The molecule has 2 heteroatoms. The van der Waals surface area contributed by atoms with E-state index in [1.165, 1.54) is 23.5 Å². The van der Waals surface area contributed by atoms with Crippen LogP contribution >= 0.6 is 11.8 Å². The third-order valence-electron chi connectivity index (χ3n) is 2.28. The van der Waals surface area contributed by atoms with Crippen molar-refractivity contribution < 1.29 is 5.11 Å². The molecule has 0 saturated heterocycles. The van der Waals surface area contributed by atoms with Crippen molar-refractivity contribution in [2.45, 2.75) is 38.2 Å². The van der Waals surface area contributed by atoms with E-state index in [0.29, 0.717) is 0 Å². The SMILES string of the molecule is CC(C)CCCSc1cccc(CO)c1. The predicted octanol–water partition coefficient (Wildman–Crippen LogP) is 3.71. The minimum atomic E-state index is 0.139. The summed E-state index contributed by atoms with van der Waals surface area (Å²) >= 11 is 1.88. The summed E-state index contributed by atoms with van der Waals surface area (Å²) in [6.07, 6.45) is 2.57. The molecule has 0 amide bonds. The van der Waals surface area contributed by atoms with Crippen LogP contribution in [0.5, 0.6) is 0 Å². The molecule has 0 aliphatic heterocycles. The van der Waals surface area contributed by atoms with Crippen molar-refractivity contribution in [3.05, 3.63) is 29.8 Å². The first-order valence-corrected chi connectivity index (χ1v) is 6.53. The quantitative estimate of drug-likeness (QED) is 0.587. The van der Waals surface area contributed by atoms with E-state index < -0.39 is 0 Å². The van der Waals surface area contributed by atoms with E-state index in [0.717, 1.165) is 11.5 Å². The van der Waals surface area contributed by atoms with Crippen molar-refractivity contribution in [2.24, 2.45) is 5.92 Å².